The van der Waals surface area contributed by atoms with Crippen molar-refractivity contribution in [1.82, 2.24) is 4.98 Å². The highest BCUT2D eigenvalue weighted by Gasteiger charge is 2.33. The Morgan fingerprint density at radius 1 is 1.53 bits per heavy atom. The van der Waals surface area contributed by atoms with E-state index in [0.717, 1.165) is 6.07 Å². The van der Waals surface area contributed by atoms with Crippen molar-refractivity contribution >= 4 is 17.6 Å². The molecule has 0 aromatic carbocycles. The molecule has 0 fully saturated rings. The lowest BCUT2D eigenvalue weighted by molar-refractivity contribution is -0.275. The summed E-state index contributed by atoms with van der Waals surface area (Å²) < 4.78 is 45.1. The molecule has 0 aliphatic heterocycles. The van der Waals surface area contributed by atoms with Crippen molar-refractivity contribution in [3.05, 3.63) is 17.3 Å². The normalized spacial score (nSPS) is 11.2. The van der Waals surface area contributed by atoms with Crippen LogP contribution in [0.4, 0.5) is 13.2 Å². The molecule has 106 valence electrons. The van der Waals surface area contributed by atoms with E-state index in [1.807, 2.05) is 0 Å². The summed E-state index contributed by atoms with van der Waals surface area (Å²) in [6.45, 7) is 0. The lowest BCUT2D eigenvalue weighted by Gasteiger charge is -2.14. The van der Waals surface area contributed by atoms with Crippen LogP contribution in [0.25, 0.3) is 0 Å². The number of ether oxygens (including phenoxy) is 2. The van der Waals surface area contributed by atoms with Crippen LogP contribution >= 0.6 is 11.6 Å². The number of aliphatic carboxylic acids is 1. The van der Waals surface area contributed by atoms with E-state index in [1.165, 1.54) is 7.11 Å². The van der Waals surface area contributed by atoms with Crippen LogP contribution in [0.15, 0.2) is 6.07 Å². The molecule has 0 amide bonds. The maximum absolute atomic E-state index is 12.2. The second-order valence-corrected chi connectivity index (χ2v) is 3.62. The Labute approximate surface area is 110 Å². The molecule has 1 aromatic rings. The summed E-state index contributed by atoms with van der Waals surface area (Å²) >= 11 is 5.47. The number of nitrogens with zero attached hydrogens (tertiary/aromatic N) is 1. The number of pyridine rings is 1. The first-order valence-electron chi connectivity index (χ1n) is 4.87. The van der Waals surface area contributed by atoms with Gasteiger partial charge in [0.25, 0.3) is 0 Å². The molecule has 19 heavy (non-hydrogen) atoms. The zero-order chi connectivity index (χ0) is 14.6. The predicted molar refractivity (Wildman–Crippen MR) is 58.4 cm³/mol. The average molecular weight is 300 g/mol. The number of alkyl halides is 4. The van der Waals surface area contributed by atoms with Crippen LogP contribution in [0.3, 0.4) is 0 Å². The molecule has 0 aliphatic carbocycles. The number of carbonyl (C=O) groups is 1. The van der Waals surface area contributed by atoms with Crippen molar-refractivity contribution < 1.29 is 32.5 Å². The first kappa shape index (κ1) is 15.4. The van der Waals surface area contributed by atoms with Gasteiger partial charge in [-0.2, -0.15) is 0 Å². The molecule has 0 aliphatic rings. The predicted octanol–water partition coefficient (Wildman–Crippen LogP) is 2.35. The van der Waals surface area contributed by atoms with Crippen molar-refractivity contribution in [3.63, 3.8) is 0 Å². The van der Waals surface area contributed by atoms with Crippen molar-refractivity contribution in [2.75, 3.05) is 7.11 Å². The van der Waals surface area contributed by atoms with Gasteiger partial charge >= 0.3 is 12.3 Å². The lowest BCUT2D eigenvalue weighted by Crippen LogP contribution is -2.19. The molecule has 1 aromatic heterocycles. The van der Waals surface area contributed by atoms with E-state index in [0.29, 0.717) is 0 Å². The molecule has 0 unspecified atom stereocenters. The van der Waals surface area contributed by atoms with Gasteiger partial charge < -0.3 is 14.6 Å². The highest BCUT2D eigenvalue weighted by atomic mass is 35.5. The van der Waals surface area contributed by atoms with Gasteiger partial charge in [-0.05, 0) is 6.07 Å². The fourth-order valence-electron chi connectivity index (χ4n) is 1.33. The highest BCUT2D eigenvalue weighted by Crippen LogP contribution is 2.31. The molecular formula is C10H9ClF3NO4. The minimum atomic E-state index is -4.92. The number of halogens is 4. The number of hydrogen-bond acceptors (Lipinski definition) is 4. The number of carboxylic acids is 1. The third-order valence-corrected chi connectivity index (χ3v) is 2.24. The Morgan fingerprint density at radius 2 is 2.16 bits per heavy atom. The molecule has 0 spiro atoms. The van der Waals surface area contributed by atoms with Crippen LogP contribution in [-0.4, -0.2) is 29.5 Å². The SMILES string of the molecule is COc1nc(CCl)c(OC(F)(F)F)cc1CC(=O)O. The number of aromatic nitrogens is 1. The average Bonchev–Trinajstić information content (AvgIpc) is 2.26. The quantitative estimate of drug-likeness (QED) is 0.845. The van der Waals surface area contributed by atoms with Gasteiger partial charge in [-0.15, -0.1) is 24.8 Å². The van der Waals surface area contributed by atoms with Gasteiger partial charge in [-0.25, -0.2) is 4.98 Å². The first-order chi connectivity index (χ1) is 8.76. The first-order valence-corrected chi connectivity index (χ1v) is 5.40. The molecule has 0 saturated carbocycles. The molecular weight excluding hydrogens is 291 g/mol. The summed E-state index contributed by atoms with van der Waals surface area (Å²) in [6, 6.07) is 0.908. The van der Waals surface area contributed by atoms with Crippen molar-refractivity contribution in [1.29, 1.82) is 0 Å². The van der Waals surface area contributed by atoms with Crippen molar-refractivity contribution in [3.8, 4) is 11.6 Å². The third-order valence-electron chi connectivity index (χ3n) is 1.99. The summed E-state index contributed by atoms with van der Waals surface area (Å²) in [7, 11) is 1.22. The fraction of sp³-hybridized carbons (Fsp3) is 0.400. The van der Waals surface area contributed by atoms with E-state index >= 15 is 0 Å². The Kier molecular flexibility index (Phi) is 4.82. The van der Waals surface area contributed by atoms with Crippen LogP contribution in [-0.2, 0) is 17.1 Å². The Morgan fingerprint density at radius 3 is 2.58 bits per heavy atom. The third kappa shape index (κ3) is 4.47. The van der Waals surface area contributed by atoms with Gasteiger partial charge in [0.05, 0.1) is 19.4 Å². The minimum Gasteiger partial charge on any atom is -0.481 e. The van der Waals surface area contributed by atoms with Gasteiger partial charge in [0, 0.05) is 5.56 Å². The molecule has 0 radical (unpaired) electrons. The minimum absolute atomic E-state index is 0.0388. The van der Waals surface area contributed by atoms with Crippen LogP contribution in [0.2, 0.25) is 0 Å². The number of carboxylic acid groups (broad SMARTS) is 1. The number of hydrogen-bond donors (Lipinski definition) is 1. The molecule has 1 N–H and O–H groups in total. The van der Waals surface area contributed by atoms with Crippen molar-refractivity contribution in [2.45, 2.75) is 18.7 Å². The van der Waals surface area contributed by atoms with Gasteiger partial charge in [-0.1, -0.05) is 0 Å². The molecule has 5 nitrogen and oxygen atoms in total. The monoisotopic (exact) mass is 299 g/mol. The number of methoxy groups -OCH3 is 1. The summed E-state index contributed by atoms with van der Waals surface area (Å²) in [5.41, 5.74) is -0.229. The maximum Gasteiger partial charge on any atom is 0.573 e. The smallest absolute Gasteiger partial charge is 0.481 e. The summed E-state index contributed by atoms with van der Waals surface area (Å²) in [4.78, 5) is 14.3. The van der Waals surface area contributed by atoms with Crippen LogP contribution in [0.1, 0.15) is 11.3 Å². The van der Waals surface area contributed by atoms with Gasteiger partial charge in [0.15, 0.2) is 5.75 Å². The largest absolute Gasteiger partial charge is 0.573 e. The molecule has 1 rings (SSSR count). The van der Waals surface area contributed by atoms with Gasteiger partial charge in [-0.3, -0.25) is 4.79 Å². The van der Waals surface area contributed by atoms with E-state index in [9.17, 15) is 18.0 Å². The Balaban J connectivity index is 3.24. The highest BCUT2D eigenvalue weighted by molar-refractivity contribution is 6.17. The zero-order valence-electron chi connectivity index (χ0n) is 9.62. The van der Waals surface area contributed by atoms with Gasteiger partial charge in [0.1, 0.15) is 5.69 Å². The Hall–Kier alpha value is -1.70. The molecule has 9 heteroatoms. The maximum atomic E-state index is 12.2. The standard InChI is InChI=1S/C10H9ClF3NO4/c1-18-9-5(3-8(16)17)2-7(6(4-11)15-9)19-10(12,13)14/h2H,3-4H2,1H3,(H,16,17). The second-order valence-electron chi connectivity index (χ2n) is 3.35. The summed E-state index contributed by atoms with van der Waals surface area (Å²) in [5, 5.41) is 8.66. The molecule has 0 bridgehead atoms. The van der Waals surface area contributed by atoms with E-state index in [4.69, 9.17) is 21.4 Å². The van der Waals surface area contributed by atoms with Crippen LogP contribution in [0, 0.1) is 0 Å². The van der Waals surface area contributed by atoms with Crippen LogP contribution < -0.4 is 9.47 Å². The lowest BCUT2D eigenvalue weighted by atomic mass is 10.1. The Bertz CT molecular complexity index is 479. The topological polar surface area (TPSA) is 68.7 Å². The molecule has 1 heterocycles. The molecule has 0 saturated heterocycles. The number of rotatable bonds is 5. The second kappa shape index (κ2) is 5.96. The van der Waals surface area contributed by atoms with E-state index < -0.39 is 24.5 Å². The zero-order valence-corrected chi connectivity index (χ0v) is 10.4. The van der Waals surface area contributed by atoms with E-state index in [-0.39, 0.29) is 23.0 Å². The van der Waals surface area contributed by atoms with E-state index in [2.05, 4.69) is 9.72 Å². The van der Waals surface area contributed by atoms with Crippen molar-refractivity contribution in [2.24, 2.45) is 0 Å². The fourth-order valence-corrected chi connectivity index (χ4v) is 1.52. The van der Waals surface area contributed by atoms with Gasteiger partial charge in [0.2, 0.25) is 5.88 Å². The van der Waals surface area contributed by atoms with E-state index in [1.54, 1.807) is 0 Å². The van der Waals surface area contributed by atoms with Crippen LogP contribution in [0.5, 0.6) is 11.6 Å². The summed E-state index contributed by atoms with van der Waals surface area (Å²) in [5.74, 6) is -2.32. The molecule has 0 atom stereocenters. The summed E-state index contributed by atoms with van der Waals surface area (Å²) in [6.07, 6.45) is -5.47.